The van der Waals surface area contributed by atoms with Crippen molar-refractivity contribution < 1.29 is 20.5 Å². The van der Waals surface area contributed by atoms with Crippen LogP contribution >= 0.6 is 11.6 Å². The van der Waals surface area contributed by atoms with Crippen LogP contribution in [0, 0.1) is 6.92 Å². The highest BCUT2D eigenvalue weighted by atomic mass is 35.5. The van der Waals surface area contributed by atoms with E-state index in [0.29, 0.717) is 16.1 Å². The van der Waals surface area contributed by atoms with Gasteiger partial charge in [-0.1, -0.05) is 66.6 Å². The van der Waals surface area contributed by atoms with Crippen molar-refractivity contribution in [3.8, 4) is 0 Å². The molecule has 7 nitrogen and oxygen atoms in total. The molecular weight excluding hydrogens is 436 g/mol. The Labute approximate surface area is 177 Å². The molecule has 0 aliphatic carbocycles. The van der Waals surface area contributed by atoms with E-state index in [4.69, 9.17) is 23.1 Å². The number of halogens is 1. The molecule has 160 valence electrons. The molecule has 29 heavy (non-hydrogen) atoms. The zero-order valence-electron chi connectivity index (χ0n) is 16.2. The zero-order valence-corrected chi connectivity index (χ0v) is 18.6. The van der Waals surface area contributed by atoms with Gasteiger partial charge in [0, 0.05) is 10.9 Å². The number of hydrogen-bond acceptors (Lipinski definition) is 7. The van der Waals surface area contributed by atoms with E-state index in [2.05, 4.69) is 3.63 Å². The van der Waals surface area contributed by atoms with E-state index in [9.17, 15) is 16.8 Å². The fourth-order valence-corrected chi connectivity index (χ4v) is 6.36. The van der Waals surface area contributed by atoms with Crippen molar-refractivity contribution in [1.82, 2.24) is 0 Å². The van der Waals surface area contributed by atoms with Crippen molar-refractivity contribution in [2.45, 2.75) is 31.8 Å². The molecule has 10 heteroatoms. The number of rotatable bonds is 9. The van der Waals surface area contributed by atoms with Crippen LogP contribution < -0.4 is 11.5 Å². The van der Waals surface area contributed by atoms with E-state index in [1.165, 1.54) is 0 Å². The molecule has 0 aliphatic rings. The lowest BCUT2D eigenvalue weighted by molar-refractivity contribution is 0.405. The maximum Gasteiger partial charge on any atom is 0.285 e. The topological polar surface area (TPSA) is 130 Å². The molecule has 2 rings (SSSR count). The van der Waals surface area contributed by atoms with Crippen molar-refractivity contribution in [3.05, 3.63) is 70.2 Å². The van der Waals surface area contributed by atoms with Crippen molar-refractivity contribution in [3.63, 3.8) is 0 Å². The Morgan fingerprint density at radius 1 is 1.00 bits per heavy atom. The van der Waals surface area contributed by atoms with Crippen LogP contribution in [-0.4, -0.2) is 34.0 Å². The summed E-state index contributed by atoms with van der Waals surface area (Å²) < 4.78 is 53.0. The van der Waals surface area contributed by atoms with Gasteiger partial charge in [-0.2, -0.15) is 16.8 Å². The van der Waals surface area contributed by atoms with Crippen LogP contribution in [0.5, 0.6) is 0 Å². The molecule has 0 heterocycles. The molecular formula is C19H25ClN2O5S2. The van der Waals surface area contributed by atoms with Gasteiger partial charge in [-0.3, -0.25) is 0 Å². The smallest absolute Gasteiger partial charge is 0.285 e. The van der Waals surface area contributed by atoms with Gasteiger partial charge in [-0.15, -0.1) is 3.63 Å². The number of aryl methyl sites for hydroxylation is 1. The second-order valence-corrected chi connectivity index (χ2v) is 10.9. The number of benzene rings is 2. The lowest BCUT2D eigenvalue weighted by Crippen LogP contribution is -2.59. The minimum Gasteiger partial charge on any atom is -0.312 e. The van der Waals surface area contributed by atoms with Crippen LogP contribution in [0.3, 0.4) is 0 Å². The van der Waals surface area contributed by atoms with Gasteiger partial charge in [-0.05, 0) is 30.5 Å². The second-order valence-electron chi connectivity index (χ2n) is 7.01. The van der Waals surface area contributed by atoms with Crippen molar-refractivity contribution in [2.24, 2.45) is 11.5 Å². The lowest BCUT2D eigenvalue weighted by Gasteiger charge is -2.34. The van der Waals surface area contributed by atoms with E-state index in [0.717, 1.165) is 5.56 Å². The SMILES string of the molecule is CCCS(=O)(=O)OS(=O)(=O)CC(N)(N)[C@@H](c1ccc(C)cc1)c1ccccc1Cl. The van der Waals surface area contributed by atoms with Crippen LogP contribution in [0.1, 0.15) is 36.0 Å². The first-order valence-corrected chi connectivity index (χ1v) is 12.5. The van der Waals surface area contributed by atoms with Crippen molar-refractivity contribution >= 4 is 31.8 Å². The number of nitrogens with two attached hydrogens (primary N) is 2. The Kier molecular flexibility index (Phi) is 7.47. The molecule has 2 aromatic carbocycles. The molecule has 0 unspecified atom stereocenters. The molecule has 0 aliphatic heterocycles. The monoisotopic (exact) mass is 460 g/mol. The summed E-state index contributed by atoms with van der Waals surface area (Å²) in [6, 6.07) is 14.0. The standard InChI is InChI=1S/C19H25ClN2O5S2/c1-3-12-28(23,24)27-29(25,26)13-19(21,22)18(15-10-8-14(2)9-11-15)16-6-4-5-7-17(16)20/h4-11,18H,3,12-13,21-22H2,1-2H3/t18-/m0/s1. The molecule has 0 aromatic heterocycles. The predicted octanol–water partition coefficient (Wildman–Crippen LogP) is 2.48. The van der Waals surface area contributed by atoms with Crippen LogP contribution in [-0.2, 0) is 23.9 Å². The fraction of sp³-hybridized carbons (Fsp3) is 0.368. The average Bonchev–Trinajstić information content (AvgIpc) is 2.56. The van der Waals surface area contributed by atoms with Gasteiger partial charge in [0.05, 0.1) is 11.4 Å². The van der Waals surface area contributed by atoms with Crippen LogP contribution in [0.25, 0.3) is 0 Å². The Bertz CT molecular complexity index is 1050. The Hall–Kier alpha value is -1.49. The summed E-state index contributed by atoms with van der Waals surface area (Å²) in [7, 11) is -8.84. The van der Waals surface area contributed by atoms with E-state index in [1.54, 1.807) is 43.3 Å². The molecule has 1 atom stereocenters. The molecule has 0 radical (unpaired) electrons. The maximum absolute atomic E-state index is 12.4. The Balaban J connectivity index is 2.49. The van der Waals surface area contributed by atoms with E-state index < -0.39 is 43.3 Å². The maximum atomic E-state index is 12.4. The molecule has 4 N–H and O–H groups in total. The van der Waals surface area contributed by atoms with Gasteiger partial charge < -0.3 is 11.5 Å². The first-order valence-electron chi connectivity index (χ1n) is 8.92. The van der Waals surface area contributed by atoms with Gasteiger partial charge >= 0.3 is 0 Å². The molecule has 0 spiro atoms. The van der Waals surface area contributed by atoms with E-state index >= 15 is 0 Å². The summed E-state index contributed by atoms with van der Waals surface area (Å²) in [6.07, 6.45) is 0.208. The predicted molar refractivity (Wildman–Crippen MR) is 115 cm³/mol. The third kappa shape index (κ3) is 6.50. The van der Waals surface area contributed by atoms with Gasteiger partial charge in [0.2, 0.25) is 0 Å². The second kappa shape index (κ2) is 9.11. The largest absolute Gasteiger partial charge is 0.312 e. The fourth-order valence-electron chi connectivity index (χ4n) is 3.10. The summed E-state index contributed by atoms with van der Waals surface area (Å²) in [5.74, 6) is -2.18. The first kappa shape index (κ1) is 23.8. The highest BCUT2D eigenvalue weighted by Gasteiger charge is 2.40. The minimum atomic E-state index is -4.58. The summed E-state index contributed by atoms with van der Waals surface area (Å²) in [4.78, 5) is 0. The van der Waals surface area contributed by atoms with Crippen molar-refractivity contribution in [2.75, 3.05) is 11.5 Å². The molecule has 0 saturated carbocycles. The third-order valence-corrected chi connectivity index (χ3v) is 8.02. The summed E-state index contributed by atoms with van der Waals surface area (Å²) in [6.45, 7) is 3.50. The lowest BCUT2D eigenvalue weighted by atomic mass is 9.82. The quantitative estimate of drug-likeness (QED) is 0.549. The Morgan fingerprint density at radius 3 is 2.14 bits per heavy atom. The highest BCUT2D eigenvalue weighted by molar-refractivity contribution is 7.99. The molecule has 0 amide bonds. The van der Waals surface area contributed by atoms with Gasteiger partial charge in [0.15, 0.2) is 0 Å². The number of hydrogen-bond donors (Lipinski definition) is 2. The highest BCUT2D eigenvalue weighted by Crippen LogP contribution is 2.36. The van der Waals surface area contributed by atoms with Crippen LogP contribution in [0.4, 0.5) is 0 Å². The normalized spacial score (nSPS) is 14.0. The summed E-state index contributed by atoms with van der Waals surface area (Å²) in [5.41, 5.74) is 12.8. The van der Waals surface area contributed by atoms with Gasteiger partial charge in [0.25, 0.3) is 20.2 Å². The Morgan fingerprint density at radius 2 is 1.59 bits per heavy atom. The van der Waals surface area contributed by atoms with E-state index in [1.807, 2.05) is 19.1 Å². The average molecular weight is 461 g/mol. The van der Waals surface area contributed by atoms with Crippen molar-refractivity contribution in [1.29, 1.82) is 0 Å². The van der Waals surface area contributed by atoms with Gasteiger partial charge in [-0.25, -0.2) is 0 Å². The molecule has 0 saturated heterocycles. The van der Waals surface area contributed by atoms with Gasteiger partial charge in [0.1, 0.15) is 5.75 Å². The zero-order chi connectivity index (χ0) is 21.9. The van der Waals surface area contributed by atoms with E-state index in [-0.39, 0.29) is 6.42 Å². The first-order chi connectivity index (χ1) is 13.4. The molecule has 0 bridgehead atoms. The summed E-state index contributed by atoms with van der Waals surface area (Å²) >= 11 is 6.34. The van der Waals surface area contributed by atoms with Crippen LogP contribution in [0.15, 0.2) is 48.5 Å². The minimum absolute atomic E-state index is 0.208. The molecule has 0 fully saturated rings. The molecule has 2 aromatic rings. The van der Waals surface area contributed by atoms with Crippen LogP contribution in [0.2, 0.25) is 5.02 Å². The summed E-state index contributed by atoms with van der Waals surface area (Å²) in [5, 5.41) is 0.357. The third-order valence-electron chi connectivity index (χ3n) is 4.25.